The van der Waals surface area contributed by atoms with Crippen LogP contribution in [0.15, 0.2) is 60.7 Å². The molecular formula is C30H48N2O6. The molecule has 4 N–H and O–H groups in total. The molecule has 0 aliphatic rings. The van der Waals surface area contributed by atoms with Gasteiger partial charge in [0.15, 0.2) is 0 Å². The lowest BCUT2D eigenvalue weighted by Crippen LogP contribution is -2.54. The first-order valence-corrected chi connectivity index (χ1v) is 13.6. The summed E-state index contributed by atoms with van der Waals surface area (Å²) in [6.07, 6.45) is 4.36. The maximum Gasteiger partial charge on any atom is 0.147 e. The molecule has 214 valence electrons. The molecule has 0 unspecified atom stereocenters. The van der Waals surface area contributed by atoms with Crippen molar-refractivity contribution < 1.29 is 28.4 Å². The highest BCUT2D eigenvalue weighted by atomic mass is 16.7. The highest BCUT2D eigenvalue weighted by molar-refractivity contribution is 5.15. The van der Waals surface area contributed by atoms with Crippen LogP contribution >= 0.6 is 0 Å². The van der Waals surface area contributed by atoms with Gasteiger partial charge in [-0.3, -0.25) is 0 Å². The molecule has 38 heavy (non-hydrogen) atoms. The smallest absolute Gasteiger partial charge is 0.147 e. The van der Waals surface area contributed by atoms with Gasteiger partial charge in [-0.15, -0.1) is 0 Å². The van der Waals surface area contributed by atoms with Crippen LogP contribution in [0.2, 0.25) is 0 Å². The standard InChI is InChI=1S/C30H48N2O6/c1-33-19-21-35-23-37-29(27(31)17-9-15-25-11-5-3-6-12-25)30(38-24-36-22-20-34-2)28(32)18-10-16-26-13-7-4-8-14-26/h3-8,11-14,27-30H,9-10,15-24,31-32H2,1-2H3/t27-,28-,29+,30+/m1/s1. The van der Waals surface area contributed by atoms with Gasteiger partial charge in [0, 0.05) is 26.3 Å². The van der Waals surface area contributed by atoms with E-state index in [1.807, 2.05) is 12.1 Å². The van der Waals surface area contributed by atoms with Crippen molar-refractivity contribution >= 4 is 0 Å². The lowest BCUT2D eigenvalue weighted by molar-refractivity contribution is -0.182. The Bertz CT molecular complexity index is 730. The van der Waals surface area contributed by atoms with Gasteiger partial charge in [0.1, 0.15) is 25.8 Å². The summed E-state index contributed by atoms with van der Waals surface area (Å²) in [5, 5.41) is 0. The predicted molar refractivity (Wildman–Crippen MR) is 150 cm³/mol. The molecule has 2 aromatic rings. The van der Waals surface area contributed by atoms with Crippen molar-refractivity contribution in [3.05, 3.63) is 71.8 Å². The van der Waals surface area contributed by atoms with Gasteiger partial charge in [0.25, 0.3) is 0 Å². The van der Waals surface area contributed by atoms with E-state index in [0.29, 0.717) is 26.4 Å². The number of benzene rings is 2. The summed E-state index contributed by atoms with van der Waals surface area (Å²) in [6.45, 7) is 2.01. The van der Waals surface area contributed by atoms with Crippen molar-refractivity contribution in [2.75, 3.05) is 54.2 Å². The number of rotatable bonds is 23. The molecule has 2 rings (SSSR count). The Labute approximate surface area is 228 Å². The van der Waals surface area contributed by atoms with Gasteiger partial charge >= 0.3 is 0 Å². The molecular weight excluding hydrogens is 484 g/mol. The lowest BCUT2D eigenvalue weighted by atomic mass is 9.92. The number of hydrogen-bond acceptors (Lipinski definition) is 8. The van der Waals surface area contributed by atoms with Crippen molar-refractivity contribution in [3.8, 4) is 0 Å². The van der Waals surface area contributed by atoms with Crippen LogP contribution in [0.25, 0.3) is 0 Å². The van der Waals surface area contributed by atoms with Gasteiger partial charge in [-0.2, -0.15) is 0 Å². The molecule has 0 aromatic heterocycles. The monoisotopic (exact) mass is 532 g/mol. The average Bonchev–Trinajstić information content (AvgIpc) is 2.94. The fourth-order valence-corrected chi connectivity index (χ4v) is 4.28. The van der Waals surface area contributed by atoms with E-state index in [4.69, 9.17) is 39.9 Å². The number of nitrogens with two attached hydrogens (primary N) is 2. The maximum absolute atomic E-state index is 6.73. The fraction of sp³-hybridized carbons (Fsp3) is 0.600. The SMILES string of the molecule is COCCOCO[C@H]([C@@H](OCOCCOC)[C@H](N)CCCc1ccccc1)[C@H](N)CCCc1ccccc1. The van der Waals surface area contributed by atoms with E-state index in [1.54, 1.807) is 14.2 Å². The van der Waals surface area contributed by atoms with Gasteiger partial charge in [0.2, 0.25) is 0 Å². The zero-order chi connectivity index (χ0) is 27.3. The van der Waals surface area contributed by atoms with Gasteiger partial charge in [-0.25, -0.2) is 0 Å². The van der Waals surface area contributed by atoms with Crippen LogP contribution in [-0.2, 0) is 41.3 Å². The molecule has 0 spiro atoms. The number of aryl methyl sites for hydroxylation is 2. The Morgan fingerprint density at radius 2 is 0.974 bits per heavy atom. The Hall–Kier alpha value is -1.88. The highest BCUT2D eigenvalue weighted by Gasteiger charge is 2.33. The van der Waals surface area contributed by atoms with Crippen LogP contribution in [0.1, 0.15) is 36.8 Å². The number of methoxy groups -OCH3 is 2. The minimum Gasteiger partial charge on any atom is -0.382 e. The van der Waals surface area contributed by atoms with Crippen LogP contribution in [-0.4, -0.2) is 78.5 Å². The van der Waals surface area contributed by atoms with Crippen molar-refractivity contribution in [1.82, 2.24) is 0 Å². The zero-order valence-corrected chi connectivity index (χ0v) is 23.2. The fourth-order valence-electron chi connectivity index (χ4n) is 4.28. The molecule has 0 aliphatic heterocycles. The average molecular weight is 533 g/mol. The molecule has 0 amide bonds. The molecule has 0 saturated heterocycles. The summed E-state index contributed by atoms with van der Waals surface area (Å²) >= 11 is 0. The Balaban J connectivity index is 2.03. The summed E-state index contributed by atoms with van der Waals surface area (Å²) in [7, 11) is 3.27. The molecule has 8 heteroatoms. The lowest BCUT2D eigenvalue weighted by Gasteiger charge is -2.35. The van der Waals surface area contributed by atoms with Crippen LogP contribution in [0.4, 0.5) is 0 Å². The molecule has 0 heterocycles. The summed E-state index contributed by atoms with van der Waals surface area (Å²) in [5.74, 6) is 0. The molecule has 0 fully saturated rings. The predicted octanol–water partition coefficient (Wildman–Crippen LogP) is 3.70. The summed E-state index contributed by atoms with van der Waals surface area (Å²) in [4.78, 5) is 0. The molecule has 2 aromatic carbocycles. The third-order valence-electron chi connectivity index (χ3n) is 6.41. The molecule has 4 atom stereocenters. The molecule has 0 radical (unpaired) electrons. The van der Waals surface area contributed by atoms with E-state index >= 15 is 0 Å². The van der Waals surface area contributed by atoms with Gasteiger partial charge in [-0.05, 0) is 49.7 Å². The minimum atomic E-state index is -0.453. The molecule has 8 nitrogen and oxygen atoms in total. The first kappa shape index (κ1) is 32.3. The van der Waals surface area contributed by atoms with Crippen molar-refractivity contribution in [1.29, 1.82) is 0 Å². The third kappa shape index (κ3) is 13.8. The van der Waals surface area contributed by atoms with Gasteiger partial charge < -0.3 is 39.9 Å². The largest absolute Gasteiger partial charge is 0.382 e. The van der Waals surface area contributed by atoms with E-state index in [-0.39, 0.29) is 25.7 Å². The van der Waals surface area contributed by atoms with E-state index in [0.717, 1.165) is 38.5 Å². The van der Waals surface area contributed by atoms with Crippen LogP contribution in [0.3, 0.4) is 0 Å². The van der Waals surface area contributed by atoms with Crippen molar-refractivity contribution in [2.45, 2.75) is 62.8 Å². The van der Waals surface area contributed by atoms with Crippen molar-refractivity contribution in [2.24, 2.45) is 11.5 Å². The van der Waals surface area contributed by atoms with Crippen molar-refractivity contribution in [3.63, 3.8) is 0 Å². The summed E-state index contributed by atoms with van der Waals surface area (Å²) in [5.41, 5.74) is 16.0. The molecule has 0 aliphatic carbocycles. The van der Waals surface area contributed by atoms with Gasteiger partial charge in [0.05, 0.1) is 26.4 Å². The van der Waals surface area contributed by atoms with E-state index in [2.05, 4.69) is 48.5 Å². The van der Waals surface area contributed by atoms with E-state index < -0.39 is 12.2 Å². The van der Waals surface area contributed by atoms with Gasteiger partial charge in [-0.1, -0.05) is 60.7 Å². The second-order valence-electron chi connectivity index (χ2n) is 9.38. The topological polar surface area (TPSA) is 107 Å². The first-order chi connectivity index (χ1) is 18.7. The summed E-state index contributed by atoms with van der Waals surface area (Å²) < 4.78 is 33.7. The highest BCUT2D eigenvalue weighted by Crippen LogP contribution is 2.19. The normalized spacial score (nSPS) is 14.7. The van der Waals surface area contributed by atoms with Crippen LogP contribution in [0.5, 0.6) is 0 Å². The zero-order valence-electron chi connectivity index (χ0n) is 23.2. The van der Waals surface area contributed by atoms with Crippen LogP contribution in [0, 0.1) is 0 Å². The maximum atomic E-state index is 6.73. The van der Waals surface area contributed by atoms with E-state index in [9.17, 15) is 0 Å². The summed E-state index contributed by atoms with van der Waals surface area (Å²) in [6, 6.07) is 20.2. The van der Waals surface area contributed by atoms with E-state index in [1.165, 1.54) is 11.1 Å². The molecule has 0 bridgehead atoms. The van der Waals surface area contributed by atoms with Crippen LogP contribution < -0.4 is 11.5 Å². The minimum absolute atomic E-state index is 0.0849. The first-order valence-electron chi connectivity index (χ1n) is 13.6. The quantitative estimate of drug-likeness (QED) is 0.165. The molecule has 0 saturated carbocycles. The number of ether oxygens (including phenoxy) is 6. The number of hydrogen-bond donors (Lipinski definition) is 2. The second kappa shape index (κ2) is 21.0. The third-order valence-corrected chi connectivity index (χ3v) is 6.41. The Morgan fingerprint density at radius 3 is 1.34 bits per heavy atom. The Morgan fingerprint density at radius 1 is 0.579 bits per heavy atom. The second-order valence-corrected chi connectivity index (χ2v) is 9.38. The Kier molecular flexibility index (Phi) is 17.9.